The molecule has 202 valence electrons. The Balaban J connectivity index is 1.33. The summed E-state index contributed by atoms with van der Waals surface area (Å²) in [6.07, 6.45) is 0.207. The third-order valence-corrected chi connectivity index (χ3v) is 7.11. The van der Waals surface area contributed by atoms with Crippen LogP contribution >= 0.6 is 0 Å². The second-order valence-corrected chi connectivity index (χ2v) is 9.43. The zero-order valence-corrected chi connectivity index (χ0v) is 20.8. The van der Waals surface area contributed by atoms with Crippen molar-refractivity contribution in [3.8, 4) is 16.9 Å². The molecule has 0 bridgehead atoms. The van der Waals surface area contributed by atoms with Crippen molar-refractivity contribution in [2.24, 2.45) is 7.05 Å². The van der Waals surface area contributed by atoms with E-state index in [1.54, 1.807) is 10.9 Å². The van der Waals surface area contributed by atoms with Crippen LogP contribution in [0.1, 0.15) is 30.2 Å². The van der Waals surface area contributed by atoms with Crippen LogP contribution in [0.4, 0.5) is 13.2 Å². The van der Waals surface area contributed by atoms with Gasteiger partial charge in [0.15, 0.2) is 23.3 Å². The summed E-state index contributed by atoms with van der Waals surface area (Å²) in [6.45, 7) is 1.43. The third kappa shape index (κ3) is 4.26. The lowest BCUT2D eigenvalue weighted by molar-refractivity contribution is -0.161. The van der Waals surface area contributed by atoms with Gasteiger partial charge in [0.2, 0.25) is 0 Å². The summed E-state index contributed by atoms with van der Waals surface area (Å²) in [4.78, 5) is 4.52. The van der Waals surface area contributed by atoms with Gasteiger partial charge < -0.3 is 19.5 Å². The summed E-state index contributed by atoms with van der Waals surface area (Å²) in [5, 5.41) is 37.2. The molecule has 2 aromatic carbocycles. The number of aliphatic hydroxyl groups excluding tert-OH is 2. The van der Waals surface area contributed by atoms with Crippen LogP contribution in [0.15, 0.2) is 42.9 Å². The van der Waals surface area contributed by atoms with Gasteiger partial charge in [-0.25, -0.2) is 22.8 Å². The number of aryl methyl sites for hydroxylation is 2. The van der Waals surface area contributed by atoms with Gasteiger partial charge in [-0.3, -0.25) is 4.57 Å². The van der Waals surface area contributed by atoms with Crippen LogP contribution in [0, 0.1) is 24.4 Å². The molecule has 0 saturated carbocycles. The van der Waals surface area contributed by atoms with E-state index in [-0.39, 0.29) is 17.7 Å². The fraction of sp³-hybridized carbons (Fsp3) is 0.320. The number of aliphatic hydroxyl groups is 2. The largest absolute Gasteiger partial charge is 0.394 e. The molecule has 14 heteroatoms. The van der Waals surface area contributed by atoms with Gasteiger partial charge in [0, 0.05) is 19.0 Å². The Bertz CT molecular complexity index is 1660. The molecule has 1 saturated heterocycles. The van der Waals surface area contributed by atoms with E-state index < -0.39 is 48.4 Å². The highest BCUT2D eigenvalue weighted by Gasteiger charge is 2.41. The van der Waals surface area contributed by atoms with Crippen LogP contribution in [-0.4, -0.2) is 68.3 Å². The van der Waals surface area contributed by atoms with Gasteiger partial charge >= 0.3 is 0 Å². The molecule has 0 radical (unpaired) electrons. The Hall–Kier alpha value is -4.14. The molecule has 2 N–H and O–H groups in total. The molecular formula is C25H23F3N8O3. The number of nitrogens with zero attached hydrogens (tertiary/aromatic N) is 8. The van der Waals surface area contributed by atoms with E-state index in [4.69, 9.17) is 4.74 Å². The number of imidazole rings is 1. The van der Waals surface area contributed by atoms with Gasteiger partial charge in [-0.1, -0.05) is 5.21 Å². The first kappa shape index (κ1) is 25.2. The number of rotatable bonds is 5. The van der Waals surface area contributed by atoms with Gasteiger partial charge in [0.25, 0.3) is 0 Å². The fourth-order valence-corrected chi connectivity index (χ4v) is 4.92. The monoisotopic (exact) mass is 540 g/mol. The number of hydrogen-bond acceptors (Lipinski definition) is 8. The Morgan fingerprint density at radius 1 is 1.10 bits per heavy atom. The topological polar surface area (TPSA) is 129 Å². The molecule has 5 aromatic rings. The zero-order valence-electron chi connectivity index (χ0n) is 20.8. The van der Waals surface area contributed by atoms with Crippen molar-refractivity contribution >= 4 is 11.0 Å². The Kier molecular flexibility index (Phi) is 6.16. The highest BCUT2D eigenvalue weighted by molar-refractivity contribution is 5.78. The minimum atomic E-state index is -1.58. The first-order chi connectivity index (χ1) is 18.7. The van der Waals surface area contributed by atoms with Gasteiger partial charge in [-0.2, -0.15) is 0 Å². The van der Waals surface area contributed by atoms with E-state index in [1.807, 2.05) is 36.7 Å². The van der Waals surface area contributed by atoms with Crippen molar-refractivity contribution in [2.75, 3.05) is 6.61 Å². The Labute approximate surface area is 219 Å². The number of benzene rings is 2. The van der Waals surface area contributed by atoms with Crippen molar-refractivity contribution in [3.05, 3.63) is 72.0 Å². The molecule has 0 aliphatic carbocycles. The van der Waals surface area contributed by atoms with Crippen LogP contribution in [0.3, 0.4) is 0 Å². The quantitative estimate of drug-likeness (QED) is 0.326. The molecule has 1 aliphatic heterocycles. The van der Waals surface area contributed by atoms with Crippen molar-refractivity contribution < 1.29 is 28.1 Å². The number of aromatic nitrogens is 8. The van der Waals surface area contributed by atoms with Crippen molar-refractivity contribution in [1.82, 2.24) is 39.3 Å². The number of fused-ring (bicyclic) bond motifs is 1. The fourth-order valence-electron chi connectivity index (χ4n) is 4.92. The summed E-state index contributed by atoms with van der Waals surface area (Å²) in [5.74, 6) is -2.99. The van der Waals surface area contributed by atoms with Crippen LogP contribution in [-0.2, 0) is 11.8 Å². The van der Waals surface area contributed by atoms with Gasteiger partial charge in [-0.15, -0.1) is 15.3 Å². The average molecular weight is 541 g/mol. The van der Waals surface area contributed by atoms with Gasteiger partial charge in [-0.05, 0) is 37.3 Å². The van der Waals surface area contributed by atoms with Crippen molar-refractivity contribution in [1.29, 1.82) is 0 Å². The predicted molar refractivity (Wildman–Crippen MR) is 130 cm³/mol. The van der Waals surface area contributed by atoms with Gasteiger partial charge in [0.05, 0.1) is 35.6 Å². The highest BCUT2D eigenvalue weighted by Crippen LogP contribution is 2.38. The van der Waals surface area contributed by atoms with E-state index in [2.05, 4.69) is 25.5 Å². The smallest absolute Gasteiger partial charge is 0.194 e. The Morgan fingerprint density at radius 2 is 1.87 bits per heavy atom. The SMILES string of the molecule is Cc1nc2ccc(-n3cnnc3C3CC(n4cc(-c5cc(F)c(F)c(F)c5)nn4)C(O)C(CO)O3)cc2n1C. The lowest BCUT2D eigenvalue weighted by Gasteiger charge is -2.38. The summed E-state index contributed by atoms with van der Waals surface area (Å²) in [7, 11) is 1.92. The van der Waals surface area contributed by atoms with E-state index in [1.165, 1.54) is 10.9 Å². The molecule has 6 rings (SSSR count). The molecular weight excluding hydrogens is 517 g/mol. The molecule has 39 heavy (non-hydrogen) atoms. The Morgan fingerprint density at radius 3 is 2.62 bits per heavy atom. The van der Waals surface area contributed by atoms with E-state index >= 15 is 0 Å². The third-order valence-electron chi connectivity index (χ3n) is 7.11. The van der Waals surface area contributed by atoms with E-state index in [0.29, 0.717) is 5.82 Å². The second-order valence-electron chi connectivity index (χ2n) is 9.43. The zero-order chi connectivity index (χ0) is 27.4. The number of halogens is 3. The lowest BCUT2D eigenvalue weighted by Crippen LogP contribution is -2.45. The molecule has 1 fully saturated rings. The van der Waals surface area contributed by atoms with Crippen LogP contribution < -0.4 is 0 Å². The lowest BCUT2D eigenvalue weighted by atomic mass is 9.95. The summed E-state index contributed by atoms with van der Waals surface area (Å²) < 4.78 is 52.0. The average Bonchev–Trinajstić information content (AvgIpc) is 3.67. The summed E-state index contributed by atoms with van der Waals surface area (Å²) in [5.41, 5.74) is 2.58. The van der Waals surface area contributed by atoms with Gasteiger partial charge in [0.1, 0.15) is 36.2 Å². The van der Waals surface area contributed by atoms with E-state index in [9.17, 15) is 23.4 Å². The maximum Gasteiger partial charge on any atom is 0.194 e. The maximum absolute atomic E-state index is 13.8. The van der Waals surface area contributed by atoms with E-state index in [0.717, 1.165) is 34.7 Å². The summed E-state index contributed by atoms with van der Waals surface area (Å²) in [6, 6.07) is 6.61. The number of hydrogen-bond donors (Lipinski definition) is 2. The minimum absolute atomic E-state index is 0.0185. The molecule has 0 spiro atoms. The summed E-state index contributed by atoms with van der Waals surface area (Å²) >= 11 is 0. The minimum Gasteiger partial charge on any atom is -0.394 e. The molecule has 4 heterocycles. The standard InChI is InChI=1S/C25H23F3N8O3/c1-12-30-17-4-3-14(7-19(17)34(12)2)35-11-29-32-25(35)21-8-20(24(38)22(10-37)39-21)36-9-18(31-33-36)13-5-15(26)23(28)16(27)6-13/h3-7,9,11,20-22,24,37-38H,8,10H2,1-2H3. The molecule has 1 aliphatic rings. The molecule has 4 unspecified atom stereocenters. The van der Waals surface area contributed by atoms with Crippen LogP contribution in [0.2, 0.25) is 0 Å². The van der Waals surface area contributed by atoms with Crippen molar-refractivity contribution in [2.45, 2.75) is 37.7 Å². The predicted octanol–water partition coefficient (Wildman–Crippen LogP) is 2.56. The van der Waals surface area contributed by atoms with Crippen LogP contribution in [0.25, 0.3) is 28.0 Å². The molecule has 11 nitrogen and oxygen atoms in total. The first-order valence-corrected chi connectivity index (χ1v) is 12.1. The number of ether oxygens (including phenoxy) is 1. The van der Waals surface area contributed by atoms with Crippen molar-refractivity contribution in [3.63, 3.8) is 0 Å². The normalized spacial score (nSPS) is 21.6. The maximum atomic E-state index is 13.8. The second kappa shape index (κ2) is 9.55. The highest BCUT2D eigenvalue weighted by atomic mass is 19.2. The van der Waals surface area contributed by atoms with Crippen LogP contribution in [0.5, 0.6) is 0 Å². The molecule has 0 amide bonds. The molecule has 4 atom stereocenters. The first-order valence-electron chi connectivity index (χ1n) is 12.1. The molecule has 3 aromatic heterocycles.